The zero-order valence-corrected chi connectivity index (χ0v) is 14.1. The van der Waals surface area contributed by atoms with E-state index in [1.165, 1.54) is 24.3 Å². The molecule has 2 N–H and O–H groups in total. The standard InChI is InChI=1S/C18H14N4O5/c1-11-5-7-13(8-6-11)21-17(24)15(10-19-18(21)25)16(23)20-12-3-2-4-14(9-12)22(26)27/h2-10H,1H3,(H,19,25)(H,20,23). The molecule has 0 bridgehead atoms. The van der Waals surface area contributed by atoms with Crippen molar-refractivity contribution in [2.24, 2.45) is 0 Å². The average Bonchev–Trinajstić information content (AvgIpc) is 2.63. The third-order valence-electron chi connectivity index (χ3n) is 3.83. The van der Waals surface area contributed by atoms with E-state index >= 15 is 0 Å². The Hall–Kier alpha value is -4.01. The number of H-pyrrole nitrogens is 1. The van der Waals surface area contributed by atoms with E-state index in [2.05, 4.69) is 10.3 Å². The molecule has 3 rings (SSSR count). The first kappa shape index (κ1) is 17.8. The molecular formula is C18H14N4O5. The van der Waals surface area contributed by atoms with Gasteiger partial charge in [-0.2, -0.15) is 0 Å². The van der Waals surface area contributed by atoms with Gasteiger partial charge in [0.15, 0.2) is 0 Å². The first-order chi connectivity index (χ1) is 12.9. The number of hydrogen-bond donors (Lipinski definition) is 2. The Labute approximate surface area is 152 Å². The predicted octanol–water partition coefficient (Wildman–Crippen LogP) is 1.99. The van der Waals surface area contributed by atoms with Gasteiger partial charge in [-0.15, -0.1) is 0 Å². The van der Waals surface area contributed by atoms with Gasteiger partial charge in [-0.1, -0.05) is 23.8 Å². The highest BCUT2D eigenvalue weighted by Crippen LogP contribution is 2.17. The molecule has 0 radical (unpaired) electrons. The summed E-state index contributed by atoms with van der Waals surface area (Å²) in [5, 5.41) is 13.2. The molecule has 0 aliphatic heterocycles. The maximum Gasteiger partial charge on any atom is 0.333 e. The van der Waals surface area contributed by atoms with Crippen LogP contribution in [0.5, 0.6) is 0 Å². The van der Waals surface area contributed by atoms with Crippen molar-refractivity contribution in [2.45, 2.75) is 6.92 Å². The molecule has 0 atom stereocenters. The minimum Gasteiger partial charge on any atom is -0.322 e. The molecule has 9 heteroatoms. The van der Waals surface area contributed by atoms with Crippen LogP contribution in [0, 0.1) is 17.0 Å². The summed E-state index contributed by atoms with van der Waals surface area (Å²) in [6.45, 7) is 1.86. The normalized spacial score (nSPS) is 10.4. The summed E-state index contributed by atoms with van der Waals surface area (Å²) in [4.78, 5) is 49.8. The number of anilines is 1. The van der Waals surface area contributed by atoms with Gasteiger partial charge in [0.05, 0.1) is 10.6 Å². The average molecular weight is 366 g/mol. The molecule has 136 valence electrons. The smallest absolute Gasteiger partial charge is 0.322 e. The van der Waals surface area contributed by atoms with Gasteiger partial charge in [-0.3, -0.25) is 19.7 Å². The number of aryl methyl sites for hydroxylation is 1. The van der Waals surface area contributed by atoms with E-state index in [0.29, 0.717) is 5.69 Å². The first-order valence-corrected chi connectivity index (χ1v) is 7.84. The van der Waals surface area contributed by atoms with Gasteiger partial charge in [0, 0.05) is 24.0 Å². The van der Waals surface area contributed by atoms with Gasteiger partial charge in [-0.05, 0) is 25.1 Å². The van der Waals surface area contributed by atoms with Crippen LogP contribution in [0.1, 0.15) is 15.9 Å². The van der Waals surface area contributed by atoms with Crippen LogP contribution in [0.25, 0.3) is 5.69 Å². The molecule has 1 heterocycles. The number of aromatic amines is 1. The van der Waals surface area contributed by atoms with Gasteiger partial charge < -0.3 is 10.3 Å². The van der Waals surface area contributed by atoms with Crippen molar-refractivity contribution in [1.82, 2.24) is 9.55 Å². The summed E-state index contributed by atoms with van der Waals surface area (Å²) >= 11 is 0. The van der Waals surface area contributed by atoms with Crippen molar-refractivity contribution in [3.05, 3.63) is 96.8 Å². The molecule has 1 aromatic heterocycles. The number of nitro groups is 1. The zero-order chi connectivity index (χ0) is 19.6. The molecule has 0 spiro atoms. The Bertz CT molecular complexity index is 1150. The lowest BCUT2D eigenvalue weighted by molar-refractivity contribution is -0.384. The molecule has 0 saturated heterocycles. The van der Waals surface area contributed by atoms with E-state index in [0.717, 1.165) is 16.3 Å². The van der Waals surface area contributed by atoms with Crippen molar-refractivity contribution in [3.63, 3.8) is 0 Å². The van der Waals surface area contributed by atoms with Gasteiger partial charge in [0.25, 0.3) is 17.2 Å². The van der Waals surface area contributed by atoms with E-state index in [4.69, 9.17) is 0 Å². The largest absolute Gasteiger partial charge is 0.333 e. The van der Waals surface area contributed by atoms with E-state index in [-0.39, 0.29) is 16.9 Å². The molecule has 0 saturated carbocycles. The van der Waals surface area contributed by atoms with Crippen molar-refractivity contribution >= 4 is 17.3 Å². The van der Waals surface area contributed by atoms with E-state index in [1.807, 2.05) is 6.92 Å². The van der Waals surface area contributed by atoms with Crippen LogP contribution < -0.4 is 16.6 Å². The third-order valence-corrected chi connectivity index (χ3v) is 3.83. The lowest BCUT2D eigenvalue weighted by Gasteiger charge is -2.08. The highest BCUT2D eigenvalue weighted by atomic mass is 16.6. The molecule has 0 unspecified atom stereocenters. The summed E-state index contributed by atoms with van der Waals surface area (Å²) in [7, 11) is 0. The van der Waals surface area contributed by atoms with E-state index in [9.17, 15) is 24.5 Å². The summed E-state index contributed by atoms with van der Waals surface area (Å²) in [6, 6.07) is 12.0. The fourth-order valence-corrected chi connectivity index (χ4v) is 2.46. The maximum absolute atomic E-state index is 12.7. The number of rotatable bonds is 4. The fraction of sp³-hybridized carbons (Fsp3) is 0.0556. The van der Waals surface area contributed by atoms with Crippen molar-refractivity contribution < 1.29 is 9.72 Å². The number of nitro benzene ring substituents is 1. The molecule has 27 heavy (non-hydrogen) atoms. The number of carbonyl (C=O) groups excluding carboxylic acids is 1. The summed E-state index contributed by atoms with van der Waals surface area (Å²) in [6.07, 6.45) is 1.02. The number of benzene rings is 2. The zero-order valence-electron chi connectivity index (χ0n) is 14.1. The minimum atomic E-state index is -0.800. The molecule has 1 amide bonds. The Balaban J connectivity index is 1.99. The second-order valence-corrected chi connectivity index (χ2v) is 5.75. The van der Waals surface area contributed by atoms with Crippen molar-refractivity contribution in [2.75, 3.05) is 5.32 Å². The number of carbonyl (C=O) groups is 1. The molecular weight excluding hydrogens is 352 g/mol. The first-order valence-electron chi connectivity index (χ1n) is 7.84. The second kappa shape index (κ2) is 7.08. The molecule has 9 nitrogen and oxygen atoms in total. The Morgan fingerprint density at radius 3 is 2.52 bits per heavy atom. The summed E-state index contributed by atoms with van der Waals surface area (Å²) in [5.74, 6) is -0.794. The number of nitrogens with one attached hydrogen (secondary N) is 2. The van der Waals surface area contributed by atoms with E-state index < -0.39 is 22.1 Å². The number of aromatic nitrogens is 2. The van der Waals surface area contributed by atoms with Gasteiger partial charge in [0.1, 0.15) is 5.56 Å². The Kier molecular flexibility index (Phi) is 4.67. The Morgan fingerprint density at radius 2 is 1.85 bits per heavy atom. The van der Waals surface area contributed by atoms with Crippen LogP contribution in [0.2, 0.25) is 0 Å². The SMILES string of the molecule is Cc1ccc(-n2c(=O)[nH]cc(C(=O)Nc3cccc([N+](=O)[O-])c3)c2=O)cc1. The minimum absolute atomic E-state index is 0.154. The molecule has 0 fully saturated rings. The predicted molar refractivity (Wildman–Crippen MR) is 98.4 cm³/mol. The quantitative estimate of drug-likeness (QED) is 0.539. The van der Waals surface area contributed by atoms with Crippen LogP contribution in [0.3, 0.4) is 0 Å². The van der Waals surface area contributed by atoms with Crippen LogP contribution in [-0.4, -0.2) is 20.4 Å². The lowest BCUT2D eigenvalue weighted by Crippen LogP contribution is -2.38. The summed E-state index contributed by atoms with van der Waals surface area (Å²) in [5.41, 5.74) is -0.573. The topological polar surface area (TPSA) is 127 Å². The number of nitrogens with zero attached hydrogens (tertiary/aromatic N) is 2. The van der Waals surface area contributed by atoms with Gasteiger partial charge >= 0.3 is 5.69 Å². The second-order valence-electron chi connectivity index (χ2n) is 5.75. The molecule has 2 aromatic carbocycles. The van der Waals surface area contributed by atoms with Crippen molar-refractivity contribution in [1.29, 1.82) is 0 Å². The van der Waals surface area contributed by atoms with Gasteiger partial charge in [0.2, 0.25) is 0 Å². The highest BCUT2D eigenvalue weighted by molar-refractivity contribution is 6.04. The molecule has 3 aromatic rings. The number of non-ortho nitro benzene ring substituents is 1. The van der Waals surface area contributed by atoms with E-state index in [1.54, 1.807) is 24.3 Å². The van der Waals surface area contributed by atoms with Crippen LogP contribution in [0.4, 0.5) is 11.4 Å². The van der Waals surface area contributed by atoms with Crippen LogP contribution in [0.15, 0.2) is 64.3 Å². The maximum atomic E-state index is 12.7. The lowest BCUT2D eigenvalue weighted by atomic mass is 10.2. The fourth-order valence-electron chi connectivity index (χ4n) is 2.46. The van der Waals surface area contributed by atoms with Crippen LogP contribution >= 0.6 is 0 Å². The summed E-state index contributed by atoms with van der Waals surface area (Å²) < 4.78 is 0.849. The third kappa shape index (κ3) is 3.66. The molecule has 0 aliphatic carbocycles. The Morgan fingerprint density at radius 1 is 1.15 bits per heavy atom. The number of amides is 1. The van der Waals surface area contributed by atoms with Gasteiger partial charge in [-0.25, -0.2) is 9.36 Å². The monoisotopic (exact) mass is 366 g/mol. The van der Waals surface area contributed by atoms with Crippen molar-refractivity contribution in [3.8, 4) is 5.69 Å². The van der Waals surface area contributed by atoms with Crippen LogP contribution in [-0.2, 0) is 0 Å². The highest BCUT2D eigenvalue weighted by Gasteiger charge is 2.17. The molecule has 0 aliphatic rings. The number of hydrogen-bond acceptors (Lipinski definition) is 5.